The fourth-order valence-electron chi connectivity index (χ4n) is 3.46. The SMILES string of the molecule is CC(=O)Nc1cccc(C(=O)Nc2ccc3nc(C4CCCO4)[nH]c3c2)c1C. The van der Waals surface area contributed by atoms with Crippen molar-refractivity contribution in [2.45, 2.75) is 32.8 Å². The Morgan fingerprint density at radius 3 is 2.82 bits per heavy atom. The first-order valence-electron chi connectivity index (χ1n) is 9.31. The third kappa shape index (κ3) is 3.61. The molecule has 3 N–H and O–H groups in total. The van der Waals surface area contributed by atoms with Crippen LogP contribution in [-0.2, 0) is 9.53 Å². The lowest BCUT2D eigenvalue weighted by Gasteiger charge is -2.12. The van der Waals surface area contributed by atoms with Crippen molar-refractivity contribution >= 4 is 34.2 Å². The van der Waals surface area contributed by atoms with Crippen molar-refractivity contribution in [3.63, 3.8) is 0 Å². The van der Waals surface area contributed by atoms with E-state index in [0.717, 1.165) is 41.9 Å². The monoisotopic (exact) mass is 378 g/mol. The Morgan fingerprint density at radius 2 is 2.07 bits per heavy atom. The third-order valence-corrected chi connectivity index (χ3v) is 4.88. The van der Waals surface area contributed by atoms with Crippen LogP contribution in [0.4, 0.5) is 11.4 Å². The zero-order valence-electron chi connectivity index (χ0n) is 15.8. The summed E-state index contributed by atoms with van der Waals surface area (Å²) in [6, 6.07) is 10.8. The number of nitrogens with one attached hydrogen (secondary N) is 3. The summed E-state index contributed by atoms with van der Waals surface area (Å²) < 4.78 is 5.68. The Bertz CT molecular complexity index is 1050. The summed E-state index contributed by atoms with van der Waals surface area (Å²) in [5.74, 6) is 0.421. The third-order valence-electron chi connectivity index (χ3n) is 4.88. The van der Waals surface area contributed by atoms with Gasteiger partial charge in [0.05, 0.1) is 11.0 Å². The molecular formula is C21H22N4O3. The lowest BCUT2D eigenvalue weighted by molar-refractivity contribution is -0.114. The second-order valence-electron chi connectivity index (χ2n) is 6.97. The number of hydrogen-bond donors (Lipinski definition) is 3. The molecular weight excluding hydrogens is 356 g/mol. The Morgan fingerprint density at radius 1 is 1.21 bits per heavy atom. The molecule has 1 aliphatic heterocycles. The quantitative estimate of drug-likeness (QED) is 0.641. The second-order valence-corrected chi connectivity index (χ2v) is 6.97. The number of aromatic nitrogens is 2. The lowest BCUT2D eigenvalue weighted by Crippen LogP contribution is -2.15. The largest absolute Gasteiger partial charge is 0.370 e. The van der Waals surface area contributed by atoms with E-state index in [0.29, 0.717) is 16.9 Å². The molecule has 1 aliphatic rings. The first kappa shape index (κ1) is 18.2. The van der Waals surface area contributed by atoms with Crippen LogP contribution in [0.25, 0.3) is 11.0 Å². The minimum Gasteiger partial charge on any atom is -0.370 e. The van der Waals surface area contributed by atoms with Gasteiger partial charge < -0.3 is 20.4 Å². The number of amides is 2. The highest BCUT2D eigenvalue weighted by molar-refractivity contribution is 6.07. The topological polar surface area (TPSA) is 96.1 Å². The molecule has 7 nitrogen and oxygen atoms in total. The van der Waals surface area contributed by atoms with Crippen LogP contribution >= 0.6 is 0 Å². The van der Waals surface area contributed by atoms with E-state index in [4.69, 9.17) is 4.74 Å². The number of imidazole rings is 1. The van der Waals surface area contributed by atoms with Crippen LogP contribution in [-0.4, -0.2) is 28.4 Å². The molecule has 1 unspecified atom stereocenters. The number of carbonyl (C=O) groups excluding carboxylic acids is 2. The lowest BCUT2D eigenvalue weighted by atomic mass is 10.1. The number of aromatic amines is 1. The van der Waals surface area contributed by atoms with Crippen LogP contribution in [0.5, 0.6) is 0 Å². The molecule has 0 bridgehead atoms. The predicted octanol–water partition coefficient (Wildman–Crippen LogP) is 3.93. The molecule has 1 atom stereocenters. The highest BCUT2D eigenvalue weighted by Gasteiger charge is 2.21. The van der Waals surface area contributed by atoms with Crippen molar-refractivity contribution in [2.75, 3.05) is 17.2 Å². The van der Waals surface area contributed by atoms with E-state index < -0.39 is 0 Å². The van der Waals surface area contributed by atoms with E-state index in [-0.39, 0.29) is 17.9 Å². The van der Waals surface area contributed by atoms with Gasteiger partial charge in [-0.2, -0.15) is 0 Å². The number of nitrogens with zero attached hydrogens (tertiary/aromatic N) is 1. The van der Waals surface area contributed by atoms with Crippen LogP contribution in [0.3, 0.4) is 0 Å². The maximum absolute atomic E-state index is 12.8. The molecule has 1 fully saturated rings. The number of hydrogen-bond acceptors (Lipinski definition) is 4. The predicted molar refractivity (Wildman–Crippen MR) is 107 cm³/mol. The van der Waals surface area contributed by atoms with Gasteiger partial charge in [-0.3, -0.25) is 9.59 Å². The highest BCUT2D eigenvalue weighted by Crippen LogP contribution is 2.29. The summed E-state index contributed by atoms with van der Waals surface area (Å²) >= 11 is 0. The van der Waals surface area contributed by atoms with Gasteiger partial charge in [-0.05, 0) is 55.7 Å². The van der Waals surface area contributed by atoms with Crippen LogP contribution in [0, 0.1) is 6.92 Å². The molecule has 2 aromatic carbocycles. The fourth-order valence-corrected chi connectivity index (χ4v) is 3.46. The van der Waals surface area contributed by atoms with Gasteiger partial charge in [0.2, 0.25) is 5.91 Å². The van der Waals surface area contributed by atoms with Gasteiger partial charge in [0.1, 0.15) is 11.9 Å². The highest BCUT2D eigenvalue weighted by atomic mass is 16.5. The summed E-state index contributed by atoms with van der Waals surface area (Å²) in [5.41, 5.74) is 4.23. The number of benzene rings is 2. The van der Waals surface area contributed by atoms with E-state index in [2.05, 4.69) is 20.6 Å². The minimum atomic E-state index is -0.233. The number of rotatable bonds is 4. The molecule has 1 saturated heterocycles. The summed E-state index contributed by atoms with van der Waals surface area (Å²) in [4.78, 5) is 32.0. The maximum Gasteiger partial charge on any atom is 0.256 e. The number of ether oxygens (including phenoxy) is 1. The number of anilines is 2. The molecule has 4 rings (SSSR count). The normalized spacial score (nSPS) is 16.3. The molecule has 0 radical (unpaired) electrons. The Balaban J connectivity index is 1.56. The van der Waals surface area contributed by atoms with Crippen molar-refractivity contribution in [3.05, 3.63) is 53.3 Å². The molecule has 144 valence electrons. The zero-order valence-corrected chi connectivity index (χ0v) is 15.8. The molecule has 2 amide bonds. The molecule has 3 aromatic rings. The van der Waals surface area contributed by atoms with Gasteiger partial charge in [0.15, 0.2) is 0 Å². The van der Waals surface area contributed by atoms with E-state index >= 15 is 0 Å². The molecule has 0 spiro atoms. The molecule has 7 heteroatoms. The molecule has 0 saturated carbocycles. The Kier molecular flexibility index (Phi) is 4.83. The molecule has 28 heavy (non-hydrogen) atoms. The van der Waals surface area contributed by atoms with Gasteiger partial charge in [-0.25, -0.2) is 4.98 Å². The first-order chi connectivity index (χ1) is 13.5. The van der Waals surface area contributed by atoms with E-state index in [1.165, 1.54) is 6.92 Å². The minimum absolute atomic E-state index is 0.0182. The fraction of sp³-hybridized carbons (Fsp3) is 0.286. The average Bonchev–Trinajstić information content (AvgIpc) is 3.31. The molecule has 0 aliphatic carbocycles. The van der Waals surface area contributed by atoms with E-state index in [1.807, 2.05) is 25.1 Å². The molecule has 2 heterocycles. The number of carbonyl (C=O) groups is 2. The number of H-pyrrole nitrogens is 1. The smallest absolute Gasteiger partial charge is 0.256 e. The summed E-state index contributed by atoms with van der Waals surface area (Å²) in [6.45, 7) is 4.02. The zero-order chi connectivity index (χ0) is 19.7. The van der Waals surface area contributed by atoms with Gasteiger partial charge in [0, 0.05) is 30.5 Å². The first-order valence-corrected chi connectivity index (χ1v) is 9.31. The van der Waals surface area contributed by atoms with Crippen molar-refractivity contribution in [1.82, 2.24) is 9.97 Å². The van der Waals surface area contributed by atoms with E-state index in [1.54, 1.807) is 18.2 Å². The average molecular weight is 378 g/mol. The van der Waals surface area contributed by atoms with Crippen LogP contribution in [0.15, 0.2) is 36.4 Å². The Labute approximate surface area is 162 Å². The maximum atomic E-state index is 12.8. The second kappa shape index (κ2) is 7.44. The Hall–Kier alpha value is -3.19. The van der Waals surface area contributed by atoms with Crippen molar-refractivity contribution < 1.29 is 14.3 Å². The van der Waals surface area contributed by atoms with Gasteiger partial charge in [0.25, 0.3) is 5.91 Å². The standard InChI is InChI=1S/C21H22N4O3/c1-12-15(5-3-6-16(12)22-13(2)26)21(27)23-14-8-9-17-18(11-14)25-20(24-17)19-7-4-10-28-19/h3,5-6,8-9,11,19H,4,7,10H2,1-2H3,(H,22,26)(H,23,27)(H,24,25). The summed E-state index contributed by atoms with van der Waals surface area (Å²) in [7, 11) is 0. The van der Waals surface area contributed by atoms with Crippen LogP contribution in [0.1, 0.15) is 47.6 Å². The van der Waals surface area contributed by atoms with Gasteiger partial charge in [-0.15, -0.1) is 0 Å². The van der Waals surface area contributed by atoms with Crippen molar-refractivity contribution in [2.24, 2.45) is 0 Å². The summed E-state index contributed by atoms with van der Waals surface area (Å²) in [6.07, 6.45) is 2.03. The van der Waals surface area contributed by atoms with Crippen LogP contribution < -0.4 is 10.6 Å². The van der Waals surface area contributed by atoms with Gasteiger partial charge >= 0.3 is 0 Å². The number of fused-ring (bicyclic) bond motifs is 1. The van der Waals surface area contributed by atoms with Gasteiger partial charge in [-0.1, -0.05) is 6.07 Å². The van der Waals surface area contributed by atoms with Crippen molar-refractivity contribution in [3.8, 4) is 0 Å². The summed E-state index contributed by atoms with van der Waals surface area (Å²) in [5, 5.41) is 5.66. The van der Waals surface area contributed by atoms with E-state index in [9.17, 15) is 9.59 Å². The van der Waals surface area contributed by atoms with Crippen LogP contribution in [0.2, 0.25) is 0 Å². The van der Waals surface area contributed by atoms with Crippen molar-refractivity contribution in [1.29, 1.82) is 0 Å². The molecule has 1 aromatic heterocycles.